The number of rotatable bonds is 1. The van der Waals surface area contributed by atoms with E-state index in [-0.39, 0.29) is 0 Å². The van der Waals surface area contributed by atoms with Crippen LogP contribution in [-0.2, 0) is 0 Å². The Kier molecular flexibility index (Phi) is 3.41. The van der Waals surface area contributed by atoms with Crippen LogP contribution in [0.25, 0.3) is 5.57 Å². The molecule has 116 valence electrons. The maximum Gasteiger partial charge on any atom is 0.738 e. The summed E-state index contributed by atoms with van der Waals surface area (Å²) in [5, 5.41) is 0.410. The molecule has 0 amide bonds. The first kappa shape index (κ1) is 15.3. The molecule has 0 saturated heterocycles. The monoisotopic (exact) mass is 459 g/mol. The second-order valence-corrected chi connectivity index (χ2v) is 7.15. The molecule has 2 aliphatic heterocycles. The van der Waals surface area contributed by atoms with Crippen LogP contribution in [0.5, 0.6) is 0 Å². The maximum atomic E-state index is 15.0. The van der Waals surface area contributed by atoms with Crippen LogP contribution < -0.4 is 0 Å². The van der Waals surface area contributed by atoms with E-state index in [9.17, 15) is 0 Å². The van der Waals surface area contributed by atoms with Gasteiger partial charge >= 0.3 is 6.97 Å². The lowest BCUT2D eigenvalue weighted by molar-refractivity contribution is -0.358. The van der Waals surface area contributed by atoms with Gasteiger partial charge in [-0.2, -0.15) is 0 Å². The highest BCUT2D eigenvalue weighted by atomic mass is 79.9. The Balaban J connectivity index is 2.15. The molecule has 0 fully saturated rings. The van der Waals surface area contributed by atoms with Crippen LogP contribution in [0.2, 0.25) is 5.02 Å². The fourth-order valence-electron chi connectivity index (χ4n) is 2.94. The first-order valence-corrected chi connectivity index (χ1v) is 8.64. The van der Waals surface area contributed by atoms with Crippen LogP contribution >= 0.6 is 43.5 Å². The molecule has 0 atom stereocenters. The van der Waals surface area contributed by atoms with Gasteiger partial charge in [0.15, 0.2) is 5.70 Å². The van der Waals surface area contributed by atoms with Crippen molar-refractivity contribution in [2.45, 2.75) is 0 Å². The zero-order valence-corrected chi connectivity index (χ0v) is 15.3. The van der Waals surface area contributed by atoms with Gasteiger partial charge in [-0.15, -0.1) is 0 Å². The Morgan fingerprint density at radius 3 is 2.70 bits per heavy atom. The molecule has 23 heavy (non-hydrogen) atoms. The summed E-state index contributed by atoms with van der Waals surface area (Å²) in [6.45, 7) is -4.03. The minimum Gasteiger partial charge on any atom is -0.389 e. The third-order valence-corrected chi connectivity index (χ3v) is 5.46. The lowest BCUT2D eigenvalue weighted by atomic mass is 9.88. The van der Waals surface area contributed by atoms with Crippen LogP contribution in [0.15, 0.2) is 52.9 Å². The smallest absolute Gasteiger partial charge is 0.389 e. The van der Waals surface area contributed by atoms with Gasteiger partial charge in [-0.05, 0) is 40.2 Å². The number of fused-ring (bicyclic) bond motifs is 2. The number of hydrogen-bond donors (Lipinski definition) is 0. The van der Waals surface area contributed by atoms with Gasteiger partial charge < -0.3 is 17.6 Å². The molecular weight excluding hydrogens is 454 g/mol. The van der Waals surface area contributed by atoms with Crippen LogP contribution in [0.1, 0.15) is 11.4 Å². The van der Waals surface area contributed by atoms with E-state index < -0.39 is 6.97 Å². The molecule has 3 nitrogen and oxygen atoms in total. The molecule has 2 aromatic rings. The largest absolute Gasteiger partial charge is 0.738 e. The normalized spacial score (nSPS) is 18.5. The zero-order valence-electron chi connectivity index (χ0n) is 11.4. The molecule has 0 spiro atoms. The average Bonchev–Trinajstić information content (AvgIpc) is 3.06. The molecule has 0 aromatic carbocycles. The van der Waals surface area contributed by atoms with Crippen molar-refractivity contribution in [3.8, 4) is 0 Å². The van der Waals surface area contributed by atoms with Crippen molar-refractivity contribution >= 4 is 60.6 Å². The number of aromatic nitrogens is 2. The van der Waals surface area contributed by atoms with Crippen LogP contribution in [0.4, 0.5) is 8.63 Å². The molecular formula is C14H7BBr2ClF2N3. The van der Waals surface area contributed by atoms with Crippen molar-refractivity contribution < 1.29 is 13.1 Å². The van der Waals surface area contributed by atoms with Gasteiger partial charge in [-0.25, -0.2) is 0 Å². The molecule has 9 heteroatoms. The molecule has 2 aromatic heterocycles. The van der Waals surface area contributed by atoms with Crippen molar-refractivity contribution in [3.05, 3.63) is 69.3 Å². The van der Waals surface area contributed by atoms with Gasteiger partial charge in [0.1, 0.15) is 0 Å². The summed E-state index contributed by atoms with van der Waals surface area (Å²) in [5.74, 6) is 0. The van der Waals surface area contributed by atoms with Crippen molar-refractivity contribution in [1.29, 1.82) is 0 Å². The molecule has 0 radical (unpaired) electrons. The Morgan fingerprint density at radius 2 is 1.96 bits per heavy atom. The van der Waals surface area contributed by atoms with Crippen molar-refractivity contribution in [1.82, 2.24) is 9.46 Å². The Labute approximate surface area is 152 Å². The van der Waals surface area contributed by atoms with Crippen molar-refractivity contribution in [3.63, 3.8) is 0 Å². The van der Waals surface area contributed by atoms with E-state index in [0.29, 0.717) is 36.9 Å². The summed E-state index contributed by atoms with van der Waals surface area (Å²) in [6, 6.07) is 6.64. The first-order chi connectivity index (χ1) is 10.9. The summed E-state index contributed by atoms with van der Waals surface area (Å²) in [6.07, 6.45) is 4.84. The lowest BCUT2D eigenvalue weighted by Crippen LogP contribution is -2.50. The highest BCUT2D eigenvalue weighted by Gasteiger charge is 2.54. The van der Waals surface area contributed by atoms with Gasteiger partial charge in [-0.3, -0.25) is 4.98 Å². The predicted octanol–water partition coefficient (Wildman–Crippen LogP) is 4.67. The standard InChI is InChI=1S/C14H7BBr2ClF2N3/c16-11-5-3-9-13(14-8(18)2-1-7-21-14)10-4-6-12(17)23(10)15(19,20)22(9)11/h1-7H. The summed E-state index contributed by atoms with van der Waals surface area (Å²) in [5.41, 5.74) is 1.79. The van der Waals surface area contributed by atoms with E-state index in [2.05, 4.69) is 36.8 Å². The van der Waals surface area contributed by atoms with E-state index >= 15 is 8.63 Å². The minimum atomic E-state index is -4.03. The predicted molar refractivity (Wildman–Crippen MR) is 94.1 cm³/mol. The molecule has 4 rings (SSSR count). The van der Waals surface area contributed by atoms with Gasteiger partial charge in [0.2, 0.25) is 4.62 Å². The van der Waals surface area contributed by atoms with Gasteiger partial charge in [0.05, 0.1) is 20.9 Å². The summed E-state index contributed by atoms with van der Waals surface area (Å²) >= 11 is 12.7. The summed E-state index contributed by atoms with van der Waals surface area (Å²) in [7, 11) is 0. The average molecular weight is 461 g/mol. The fraction of sp³-hybridized carbons (Fsp3) is 0. The molecule has 0 N–H and O–H groups in total. The van der Waals surface area contributed by atoms with Gasteiger partial charge in [0, 0.05) is 40.0 Å². The summed E-state index contributed by atoms with van der Waals surface area (Å²) in [4.78, 5) is 4.30. The number of nitrogens with zero attached hydrogens (tertiary/aromatic N) is 3. The topological polar surface area (TPSA) is 20.8 Å². The zero-order chi connectivity index (χ0) is 16.4. The molecule has 2 aliphatic rings. The Morgan fingerprint density at radius 1 is 1.17 bits per heavy atom. The van der Waals surface area contributed by atoms with E-state index in [1.165, 1.54) is 0 Å². The van der Waals surface area contributed by atoms with Crippen LogP contribution in [0, 0.1) is 0 Å². The number of hydrogen-bond acceptors (Lipinski definition) is 1. The Bertz CT molecular complexity index is 949. The molecule has 0 unspecified atom stereocenters. The highest BCUT2D eigenvalue weighted by Crippen LogP contribution is 2.42. The molecule has 4 heterocycles. The van der Waals surface area contributed by atoms with E-state index in [1.54, 1.807) is 42.6 Å². The molecule has 0 saturated carbocycles. The molecule has 0 bridgehead atoms. The summed E-state index contributed by atoms with van der Waals surface area (Å²) < 4.78 is 32.6. The first-order valence-electron chi connectivity index (χ1n) is 6.67. The van der Waals surface area contributed by atoms with E-state index in [1.807, 2.05) is 0 Å². The second kappa shape index (κ2) is 5.12. The fourth-order valence-corrected chi connectivity index (χ4v) is 4.30. The van der Waals surface area contributed by atoms with E-state index in [4.69, 9.17) is 11.6 Å². The maximum absolute atomic E-state index is 15.0. The minimum absolute atomic E-state index is 0.299. The third-order valence-electron chi connectivity index (χ3n) is 3.87. The van der Waals surface area contributed by atoms with Crippen LogP contribution in [0.3, 0.4) is 0 Å². The number of allylic oxidation sites excluding steroid dienone is 2. The lowest BCUT2D eigenvalue weighted by Gasteiger charge is -2.31. The Hall–Kier alpha value is -1.25. The SMILES string of the molecule is F[B-]1(F)n2c(Br)ccc2C(c2ncccc2Cl)=C2C=CC(Br)=[N+]21. The number of halogens is 5. The third kappa shape index (κ3) is 2.04. The molecule has 0 aliphatic carbocycles. The quantitative estimate of drug-likeness (QED) is 0.566. The van der Waals surface area contributed by atoms with E-state index in [0.717, 1.165) is 8.96 Å². The number of pyridine rings is 1. The van der Waals surface area contributed by atoms with Crippen molar-refractivity contribution in [2.24, 2.45) is 0 Å². The second-order valence-electron chi connectivity index (χ2n) is 5.12. The van der Waals surface area contributed by atoms with Gasteiger partial charge in [0.25, 0.3) is 0 Å². The van der Waals surface area contributed by atoms with Crippen LogP contribution in [-0.4, -0.2) is 25.5 Å². The highest BCUT2D eigenvalue weighted by molar-refractivity contribution is 9.18. The van der Waals surface area contributed by atoms with Gasteiger partial charge in [-0.1, -0.05) is 11.6 Å². The van der Waals surface area contributed by atoms with Crippen molar-refractivity contribution in [2.75, 3.05) is 0 Å².